The van der Waals surface area contributed by atoms with Crippen LogP contribution < -0.4 is 5.32 Å². The Balaban J connectivity index is 1.71. The number of nitrogens with zero attached hydrogens (tertiary/aromatic N) is 2. The Morgan fingerprint density at radius 1 is 1.21 bits per heavy atom. The van der Waals surface area contributed by atoms with Crippen LogP contribution in [0.15, 0.2) is 0 Å². The summed E-state index contributed by atoms with van der Waals surface area (Å²) in [6, 6.07) is 0.0935. The first-order valence-electron chi connectivity index (χ1n) is 7.91. The third-order valence-electron chi connectivity index (χ3n) is 4.32. The molecule has 0 aromatic carbocycles. The first kappa shape index (κ1) is 14.8. The van der Waals surface area contributed by atoms with Gasteiger partial charge in [-0.15, -0.1) is 0 Å². The average Bonchev–Trinajstić information content (AvgIpc) is 2.46. The van der Waals surface area contributed by atoms with Crippen molar-refractivity contribution >= 4 is 5.91 Å². The summed E-state index contributed by atoms with van der Waals surface area (Å²) < 4.78 is 0. The van der Waals surface area contributed by atoms with Crippen molar-refractivity contribution in [3.05, 3.63) is 0 Å². The highest BCUT2D eigenvalue weighted by atomic mass is 16.2. The molecule has 1 unspecified atom stereocenters. The van der Waals surface area contributed by atoms with E-state index in [1.54, 1.807) is 0 Å². The molecule has 0 bridgehead atoms. The largest absolute Gasteiger partial charge is 0.339 e. The third-order valence-corrected chi connectivity index (χ3v) is 4.32. The smallest absolute Gasteiger partial charge is 0.239 e. The molecule has 1 amide bonds. The van der Waals surface area contributed by atoms with Crippen molar-refractivity contribution in [1.29, 1.82) is 0 Å². The van der Waals surface area contributed by atoms with Crippen LogP contribution in [-0.4, -0.2) is 61.0 Å². The van der Waals surface area contributed by atoms with Crippen LogP contribution in [0.3, 0.4) is 0 Å². The predicted octanol–water partition coefficient (Wildman–Crippen LogP) is 1.32. The molecule has 0 saturated carbocycles. The van der Waals surface area contributed by atoms with E-state index in [-0.39, 0.29) is 6.04 Å². The minimum absolute atomic E-state index is 0.0935. The molecular formula is C15H29N3O. The zero-order valence-corrected chi connectivity index (χ0v) is 12.5. The minimum atomic E-state index is 0.0935. The molecule has 0 aromatic heterocycles. The highest BCUT2D eigenvalue weighted by Crippen LogP contribution is 2.12. The van der Waals surface area contributed by atoms with Crippen molar-refractivity contribution in [1.82, 2.24) is 15.1 Å². The molecule has 2 fully saturated rings. The zero-order chi connectivity index (χ0) is 13.7. The topological polar surface area (TPSA) is 35.6 Å². The van der Waals surface area contributed by atoms with Crippen LogP contribution in [0, 0.1) is 5.92 Å². The quantitative estimate of drug-likeness (QED) is 0.834. The lowest BCUT2D eigenvalue weighted by molar-refractivity contribution is -0.135. The summed E-state index contributed by atoms with van der Waals surface area (Å²) in [6.45, 7) is 10.6. The number of amides is 1. The number of carbonyl (C=O) groups is 1. The molecule has 1 atom stereocenters. The van der Waals surface area contributed by atoms with Crippen LogP contribution in [0.5, 0.6) is 0 Å². The summed E-state index contributed by atoms with van der Waals surface area (Å²) in [5.74, 6) is 1.11. The summed E-state index contributed by atoms with van der Waals surface area (Å²) >= 11 is 0. The lowest BCUT2D eigenvalue weighted by Gasteiger charge is -2.37. The van der Waals surface area contributed by atoms with E-state index in [0.717, 1.165) is 45.1 Å². The Morgan fingerprint density at radius 3 is 2.53 bits per heavy atom. The average molecular weight is 267 g/mol. The van der Waals surface area contributed by atoms with Crippen molar-refractivity contribution in [2.45, 2.75) is 45.6 Å². The second-order valence-corrected chi connectivity index (χ2v) is 6.35. The maximum Gasteiger partial charge on any atom is 0.239 e. The van der Waals surface area contributed by atoms with Gasteiger partial charge in [0, 0.05) is 26.2 Å². The van der Waals surface area contributed by atoms with Crippen molar-refractivity contribution in [3.8, 4) is 0 Å². The molecule has 19 heavy (non-hydrogen) atoms. The number of carbonyl (C=O) groups excluding carboxylic acids is 1. The van der Waals surface area contributed by atoms with E-state index >= 15 is 0 Å². The number of hydrogen-bond acceptors (Lipinski definition) is 3. The summed E-state index contributed by atoms with van der Waals surface area (Å²) in [4.78, 5) is 16.9. The summed E-state index contributed by atoms with van der Waals surface area (Å²) in [7, 11) is 0. The SMILES string of the molecule is CC(C)CCN1CCN(C(=O)C2CCCCN2)CC1. The van der Waals surface area contributed by atoms with Gasteiger partial charge in [0.1, 0.15) is 0 Å². The standard InChI is InChI=1S/C15H29N3O/c1-13(2)6-8-17-9-11-18(12-10-17)15(19)14-5-3-4-7-16-14/h13-14,16H,3-12H2,1-2H3. The van der Waals surface area contributed by atoms with Gasteiger partial charge in [0.2, 0.25) is 5.91 Å². The fraction of sp³-hybridized carbons (Fsp3) is 0.933. The first-order valence-corrected chi connectivity index (χ1v) is 7.91. The number of piperazine rings is 1. The fourth-order valence-electron chi connectivity index (χ4n) is 2.92. The van der Waals surface area contributed by atoms with E-state index in [0.29, 0.717) is 5.91 Å². The molecule has 2 saturated heterocycles. The highest BCUT2D eigenvalue weighted by Gasteiger charge is 2.27. The van der Waals surface area contributed by atoms with Crippen LogP contribution in [0.2, 0.25) is 0 Å². The predicted molar refractivity (Wildman–Crippen MR) is 78.1 cm³/mol. The summed E-state index contributed by atoms with van der Waals surface area (Å²) in [6.07, 6.45) is 4.69. The monoisotopic (exact) mass is 267 g/mol. The van der Waals surface area contributed by atoms with Gasteiger partial charge in [-0.25, -0.2) is 0 Å². The van der Waals surface area contributed by atoms with Gasteiger partial charge in [-0.1, -0.05) is 20.3 Å². The van der Waals surface area contributed by atoms with E-state index in [2.05, 4.69) is 29.0 Å². The molecule has 2 heterocycles. The van der Waals surface area contributed by atoms with Gasteiger partial charge in [-0.3, -0.25) is 9.69 Å². The van der Waals surface area contributed by atoms with Crippen LogP contribution in [0.1, 0.15) is 39.5 Å². The second-order valence-electron chi connectivity index (χ2n) is 6.35. The Bertz CT molecular complexity index is 279. The highest BCUT2D eigenvalue weighted by molar-refractivity contribution is 5.82. The summed E-state index contributed by atoms with van der Waals surface area (Å²) in [5.41, 5.74) is 0. The van der Waals surface area contributed by atoms with Crippen LogP contribution in [-0.2, 0) is 4.79 Å². The van der Waals surface area contributed by atoms with Gasteiger partial charge in [-0.2, -0.15) is 0 Å². The fourth-order valence-corrected chi connectivity index (χ4v) is 2.92. The summed E-state index contributed by atoms with van der Waals surface area (Å²) in [5, 5.41) is 3.36. The van der Waals surface area contributed by atoms with Crippen molar-refractivity contribution in [2.75, 3.05) is 39.3 Å². The van der Waals surface area contributed by atoms with Gasteiger partial charge in [-0.05, 0) is 38.3 Å². The van der Waals surface area contributed by atoms with E-state index < -0.39 is 0 Å². The molecule has 2 aliphatic rings. The number of nitrogens with one attached hydrogen (secondary N) is 1. The second kappa shape index (κ2) is 7.25. The van der Waals surface area contributed by atoms with Crippen molar-refractivity contribution in [3.63, 3.8) is 0 Å². The first-order chi connectivity index (χ1) is 9.16. The maximum absolute atomic E-state index is 12.4. The molecule has 0 spiro atoms. The molecule has 0 radical (unpaired) electrons. The normalized spacial score (nSPS) is 25.8. The van der Waals surface area contributed by atoms with Crippen LogP contribution >= 0.6 is 0 Å². The van der Waals surface area contributed by atoms with Gasteiger partial charge < -0.3 is 10.2 Å². The molecule has 110 valence electrons. The minimum Gasteiger partial charge on any atom is -0.339 e. The van der Waals surface area contributed by atoms with E-state index in [9.17, 15) is 4.79 Å². The Labute approximate surface area is 117 Å². The molecular weight excluding hydrogens is 238 g/mol. The van der Waals surface area contributed by atoms with Crippen LogP contribution in [0.4, 0.5) is 0 Å². The van der Waals surface area contributed by atoms with Gasteiger partial charge >= 0.3 is 0 Å². The van der Waals surface area contributed by atoms with Crippen molar-refractivity contribution in [2.24, 2.45) is 5.92 Å². The lowest BCUT2D eigenvalue weighted by atomic mass is 10.0. The van der Waals surface area contributed by atoms with E-state index in [4.69, 9.17) is 0 Å². The van der Waals surface area contributed by atoms with Gasteiger partial charge in [0.25, 0.3) is 0 Å². The number of hydrogen-bond donors (Lipinski definition) is 1. The van der Waals surface area contributed by atoms with E-state index in [1.165, 1.54) is 25.8 Å². The lowest BCUT2D eigenvalue weighted by Crippen LogP contribution is -2.55. The molecule has 1 N–H and O–H groups in total. The molecule has 4 heteroatoms. The number of rotatable bonds is 4. The molecule has 0 aliphatic carbocycles. The van der Waals surface area contributed by atoms with Crippen LogP contribution in [0.25, 0.3) is 0 Å². The van der Waals surface area contributed by atoms with Crippen molar-refractivity contribution < 1.29 is 4.79 Å². The maximum atomic E-state index is 12.4. The third kappa shape index (κ3) is 4.46. The molecule has 0 aromatic rings. The van der Waals surface area contributed by atoms with Gasteiger partial charge in [0.05, 0.1) is 6.04 Å². The number of piperidine rings is 1. The Morgan fingerprint density at radius 2 is 1.95 bits per heavy atom. The Hall–Kier alpha value is -0.610. The molecule has 2 aliphatic heterocycles. The zero-order valence-electron chi connectivity index (χ0n) is 12.5. The Kier molecular flexibility index (Phi) is 5.64. The van der Waals surface area contributed by atoms with Gasteiger partial charge in [0.15, 0.2) is 0 Å². The van der Waals surface area contributed by atoms with E-state index in [1.807, 2.05) is 0 Å². The molecule has 2 rings (SSSR count). The molecule has 4 nitrogen and oxygen atoms in total.